The molecule has 0 aliphatic carbocycles. The summed E-state index contributed by atoms with van der Waals surface area (Å²) in [6.07, 6.45) is 3.14. The summed E-state index contributed by atoms with van der Waals surface area (Å²) in [5, 5.41) is -0.0355. The first-order valence-electron chi connectivity index (χ1n) is 8.34. The molecule has 0 radical (unpaired) electrons. The van der Waals surface area contributed by atoms with Crippen LogP contribution in [-0.2, 0) is 14.1 Å². The van der Waals surface area contributed by atoms with E-state index >= 15 is 0 Å². The van der Waals surface area contributed by atoms with Gasteiger partial charge >= 0.3 is 7.12 Å². The Morgan fingerprint density at radius 1 is 1.08 bits per heavy atom. The lowest BCUT2D eigenvalue weighted by Gasteiger charge is -2.32. The van der Waals surface area contributed by atoms with Gasteiger partial charge in [-0.25, -0.2) is 0 Å². The van der Waals surface area contributed by atoms with E-state index in [-0.39, 0.29) is 5.12 Å². The molecule has 0 atom stereocenters. The fourth-order valence-corrected chi connectivity index (χ4v) is 3.11. The third-order valence-electron chi connectivity index (χ3n) is 4.76. The van der Waals surface area contributed by atoms with Crippen molar-refractivity contribution in [2.45, 2.75) is 45.8 Å². The second-order valence-corrected chi connectivity index (χ2v) is 8.33. The summed E-state index contributed by atoms with van der Waals surface area (Å²) in [6.45, 7) is 9.26. The second-order valence-electron chi connectivity index (χ2n) is 7.17. The Hall–Kier alpha value is -1.70. The molecule has 1 heterocycles. The molecule has 0 spiro atoms. The highest BCUT2D eigenvalue weighted by atomic mass is 32.2. The SMILES string of the molecule is CC(=O)SCC(=Cc1c(C=O)cccc1C=O)B1OC(C)(C)C(C)(C)O1. The number of carbonyl (C=O) groups excluding carboxylic acids is 3. The predicted octanol–water partition coefficient (Wildman–Crippen LogP) is 3.61. The number of carbonyl (C=O) groups is 3. The van der Waals surface area contributed by atoms with Crippen molar-refractivity contribution < 1.29 is 23.7 Å². The number of rotatable bonds is 6. The Kier molecular flexibility index (Phi) is 6.27. The fourth-order valence-electron chi connectivity index (χ4n) is 2.52. The highest BCUT2D eigenvalue weighted by Crippen LogP contribution is 2.39. The zero-order valence-electron chi connectivity index (χ0n) is 15.7. The molecular weight excluding hydrogens is 351 g/mol. The van der Waals surface area contributed by atoms with Crippen molar-refractivity contribution in [1.29, 1.82) is 0 Å². The fraction of sp³-hybridized carbons (Fsp3) is 0.421. The molecule has 7 heteroatoms. The molecule has 1 saturated heterocycles. The van der Waals surface area contributed by atoms with Crippen LogP contribution in [0.1, 0.15) is 60.9 Å². The minimum absolute atomic E-state index is 0.0355. The minimum Gasteiger partial charge on any atom is -0.400 e. The van der Waals surface area contributed by atoms with Crippen molar-refractivity contribution >= 4 is 42.6 Å². The van der Waals surface area contributed by atoms with Gasteiger partial charge < -0.3 is 9.31 Å². The van der Waals surface area contributed by atoms with Gasteiger partial charge in [-0.15, -0.1) is 0 Å². The molecule has 1 aromatic rings. The summed E-state index contributed by atoms with van der Waals surface area (Å²) in [6, 6.07) is 4.95. The molecule has 5 nitrogen and oxygen atoms in total. The van der Waals surface area contributed by atoms with Gasteiger partial charge in [0.15, 0.2) is 17.7 Å². The molecule has 0 unspecified atom stereocenters. The Morgan fingerprint density at radius 3 is 2.00 bits per heavy atom. The average molecular weight is 374 g/mol. The summed E-state index contributed by atoms with van der Waals surface area (Å²) in [4.78, 5) is 34.3. The highest BCUT2D eigenvalue weighted by Gasteiger charge is 2.52. The molecule has 0 amide bonds. The van der Waals surface area contributed by atoms with Crippen molar-refractivity contribution in [1.82, 2.24) is 0 Å². The maximum absolute atomic E-state index is 11.5. The zero-order valence-corrected chi connectivity index (χ0v) is 16.5. The molecule has 2 rings (SSSR count). The van der Waals surface area contributed by atoms with Crippen molar-refractivity contribution in [2.75, 3.05) is 5.75 Å². The molecule has 0 N–H and O–H groups in total. The number of benzene rings is 1. The minimum atomic E-state index is -0.661. The molecule has 1 aromatic carbocycles. The van der Waals surface area contributed by atoms with Gasteiger partial charge in [0.1, 0.15) is 0 Å². The first-order chi connectivity index (χ1) is 12.1. The van der Waals surface area contributed by atoms with E-state index in [0.717, 1.165) is 11.8 Å². The van der Waals surface area contributed by atoms with E-state index in [4.69, 9.17) is 9.31 Å². The lowest BCUT2D eigenvalue weighted by atomic mass is 9.77. The van der Waals surface area contributed by atoms with Gasteiger partial charge in [0.25, 0.3) is 0 Å². The van der Waals surface area contributed by atoms with Gasteiger partial charge in [0.05, 0.1) is 11.2 Å². The Morgan fingerprint density at radius 2 is 1.58 bits per heavy atom. The highest BCUT2D eigenvalue weighted by molar-refractivity contribution is 8.13. The summed E-state index contributed by atoms with van der Waals surface area (Å²) >= 11 is 1.13. The summed E-state index contributed by atoms with van der Waals surface area (Å²) < 4.78 is 12.2. The predicted molar refractivity (Wildman–Crippen MR) is 104 cm³/mol. The van der Waals surface area contributed by atoms with Crippen LogP contribution in [-0.4, -0.2) is 41.8 Å². The van der Waals surface area contributed by atoms with Crippen molar-refractivity contribution in [3.63, 3.8) is 0 Å². The Balaban J connectivity index is 2.50. The van der Waals surface area contributed by atoms with Crippen LogP contribution in [0.4, 0.5) is 0 Å². The topological polar surface area (TPSA) is 69.7 Å². The van der Waals surface area contributed by atoms with Crippen LogP contribution >= 0.6 is 11.8 Å². The lowest BCUT2D eigenvalue weighted by molar-refractivity contribution is -0.109. The maximum atomic E-state index is 11.5. The molecular formula is C19H23BO5S. The quantitative estimate of drug-likeness (QED) is 0.560. The van der Waals surface area contributed by atoms with E-state index in [2.05, 4.69) is 0 Å². The van der Waals surface area contributed by atoms with Gasteiger partial charge in [0.2, 0.25) is 0 Å². The normalized spacial score (nSPS) is 18.7. The summed E-state index contributed by atoms with van der Waals surface area (Å²) in [5.41, 5.74) is 0.936. The summed E-state index contributed by atoms with van der Waals surface area (Å²) in [7, 11) is -0.661. The van der Waals surface area contributed by atoms with Crippen LogP contribution < -0.4 is 0 Å². The molecule has 0 aromatic heterocycles. The Labute approximate surface area is 158 Å². The van der Waals surface area contributed by atoms with Crippen LogP contribution in [0.5, 0.6) is 0 Å². The van der Waals surface area contributed by atoms with Gasteiger partial charge in [0, 0.05) is 23.8 Å². The van der Waals surface area contributed by atoms with E-state index in [0.29, 0.717) is 40.5 Å². The number of hydrogen-bond donors (Lipinski definition) is 0. The third-order valence-corrected chi connectivity index (χ3v) is 5.64. The molecule has 1 aliphatic heterocycles. The monoisotopic (exact) mass is 374 g/mol. The first kappa shape index (κ1) is 20.6. The van der Waals surface area contributed by atoms with Crippen molar-refractivity contribution in [3.05, 3.63) is 40.4 Å². The third kappa shape index (κ3) is 4.34. The first-order valence-corrected chi connectivity index (χ1v) is 9.32. The van der Waals surface area contributed by atoms with E-state index in [1.165, 1.54) is 6.92 Å². The van der Waals surface area contributed by atoms with Gasteiger partial charge in [-0.05, 0) is 38.7 Å². The van der Waals surface area contributed by atoms with Crippen LogP contribution in [0.25, 0.3) is 6.08 Å². The smallest absolute Gasteiger partial charge is 0.400 e. The van der Waals surface area contributed by atoms with Crippen LogP contribution in [0, 0.1) is 0 Å². The second kappa shape index (κ2) is 7.90. The van der Waals surface area contributed by atoms with E-state index in [9.17, 15) is 14.4 Å². The van der Waals surface area contributed by atoms with Gasteiger partial charge in [-0.3, -0.25) is 14.4 Å². The lowest BCUT2D eigenvalue weighted by Crippen LogP contribution is -2.41. The average Bonchev–Trinajstić information content (AvgIpc) is 2.78. The molecule has 26 heavy (non-hydrogen) atoms. The molecule has 0 bridgehead atoms. The summed E-state index contributed by atoms with van der Waals surface area (Å²) in [5.74, 6) is 0.345. The molecule has 138 valence electrons. The van der Waals surface area contributed by atoms with Crippen molar-refractivity contribution in [3.8, 4) is 0 Å². The molecule has 1 fully saturated rings. The molecule has 0 saturated carbocycles. The van der Waals surface area contributed by atoms with Crippen LogP contribution in [0.3, 0.4) is 0 Å². The van der Waals surface area contributed by atoms with Gasteiger partial charge in [-0.1, -0.05) is 36.0 Å². The zero-order chi connectivity index (χ0) is 19.5. The largest absolute Gasteiger partial charge is 0.491 e. The standard InChI is InChI=1S/C19H23BO5S/c1-13(23)26-12-16(20-24-18(2,3)19(4,5)25-20)9-17-14(10-21)7-6-8-15(17)11-22/h6-11H,12H2,1-5H3. The Bertz CT molecular complexity index is 712. The number of hydrogen-bond acceptors (Lipinski definition) is 6. The van der Waals surface area contributed by atoms with Gasteiger partial charge in [-0.2, -0.15) is 0 Å². The van der Waals surface area contributed by atoms with Crippen molar-refractivity contribution in [2.24, 2.45) is 0 Å². The van der Waals surface area contributed by atoms with E-state index < -0.39 is 18.3 Å². The van der Waals surface area contributed by atoms with E-state index in [1.807, 2.05) is 27.7 Å². The van der Waals surface area contributed by atoms with Crippen LogP contribution in [0.15, 0.2) is 23.7 Å². The number of thioether (sulfide) groups is 1. The number of aldehydes is 2. The molecule has 1 aliphatic rings. The van der Waals surface area contributed by atoms with Crippen LogP contribution in [0.2, 0.25) is 0 Å². The van der Waals surface area contributed by atoms with E-state index in [1.54, 1.807) is 24.3 Å². The maximum Gasteiger partial charge on any atom is 0.491 e.